The second-order valence-electron chi connectivity index (χ2n) is 4.91. The highest BCUT2D eigenvalue weighted by molar-refractivity contribution is 5.94. The Morgan fingerprint density at radius 2 is 1.90 bits per heavy atom. The molecule has 21 heavy (non-hydrogen) atoms. The van der Waals surface area contributed by atoms with Gasteiger partial charge in [0.25, 0.3) is 5.91 Å². The summed E-state index contributed by atoms with van der Waals surface area (Å²) in [6.07, 6.45) is 1.94. The van der Waals surface area contributed by atoms with E-state index in [2.05, 4.69) is 39.9 Å². The lowest BCUT2D eigenvalue weighted by Crippen LogP contribution is -2.17. The highest BCUT2D eigenvalue weighted by Gasteiger charge is 2.02. The first-order chi connectivity index (χ1) is 10.3. The van der Waals surface area contributed by atoms with Crippen molar-refractivity contribution in [3.8, 4) is 0 Å². The van der Waals surface area contributed by atoms with Gasteiger partial charge in [0.15, 0.2) is 0 Å². The van der Waals surface area contributed by atoms with Crippen LogP contribution >= 0.6 is 0 Å². The molecule has 4 nitrogen and oxygen atoms in total. The van der Waals surface area contributed by atoms with Crippen molar-refractivity contribution in [1.29, 1.82) is 0 Å². The Labute approximate surface area is 123 Å². The third kappa shape index (κ3) is 2.89. The molecule has 0 aliphatic heterocycles. The zero-order chi connectivity index (χ0) is 14.7. The molecule has 0 aliphatic carbocycles. The van der Waals surface area contributed by atoms with Gasteiger partial charge < -0.3 is 15.6 Å². The molecule has 0 saturated heterocycles. The van der Waals surface area contributed by atoms with E-state index < -0.39 is 0 Å². The molecule has 3 N–H and O–H groups in total. The fourth-order valence-corrected chi connectivity index (χ4v) is 2.30. The van der Waals surface area contributed by atoms with Crippen molar-refractivity contribution in [2.75, 3.05) is 12.4 Å². The van der Waals surface area contributed by atoms with E-state index in [0.717, 1.165) is 17.7 Å². The average Bonchev–Trinajstić information content (AvgIpc) is 3.00. The normalized spacial score (nSPS) is 10.5. The number of rotatable bonds is 4. The lowest BCUT2D eigenvalue weighted by Gasteiger charge is -2.08. The molecule has 2 aromatic carbocycles. The summed E-state index contributed by atoms with van der Waals surface area (Å²) in [5.41, 5.74) is 4.03. The SMILES string of the molecule is CNC(=O)c1ccc(NCc2ccc3[nH]ccc3c2)cc1. The van der Waals surface area contributed by atoms with E-state index in [0.29, 0.717) is 5.56 Å². The van der Waals surface area contributed by atoms with Crippen molar-refractivity contribution in [1.82, 2.24) is 10.3 Å². The van der Waals surface area contributed by atoms with Gasteiger partial charge in [-0.3, -0.25) is 4.79 Å². The van der Waals surface area contributed by atoms with Crippen molar-refractivity contribution in [3.05, 3.63) is 65.9 Å². The van der Waals surface area contributed by atoms with Gasteiger partial charge in [0.05, 0.1) is 0 Å². The first-order valence-corrected chi connectivity index (χ1v) is 6.88. The molecule has 0 aliphatic rings. The largest absolute Gasteiger partial charge is 0.381 e. The molecule has 3 aromatic rings. The van der Waals surface area contributed by atoms with Gasteiger partial charge in [-0.25, -0.2) is 0 Å². The molecule has 0 bridgehead atoms. The molecular formula is C17H17N3O. The van der Waals surface area contributed by atoms with Crippen LogP contribution < -0.4 is 10.6 Å². The van der Waals surface area contributed by atoms with E-state index in [1.165, 1.54) is 10.9 Å². The summed E-state index contributed by atoms with van der Waals surface area (Å²) in [4.78, 5) is 14.7. The molecule has 0 atom stereocenters. The minimum atomic E-state index is -0.0699. The number of carbonyl (C=O) groups is 1. The van der Waals surface area contributed by atoms with Gasteiger partial charge in [-0.2, -0.15) is 0 Å². The van der Waals surface area contributed by atoms with E-state index >= 15 is 0 Å². The Morgan fingerprint density at radius 1 is 1.10 bits per heavy atom. The van der Waals surface area contributed by atoms with Gasteiger partial charge in [-0.15, -0.1) is 0 Å². The summed E-state index contributed by atoms with van der Waals surface area (Å²) in [5.74, 6) is -0.0699. The minimum absolute atomic E-state index is 0.0699. The topological polar surface area (TPSA) is 56.9 Å². The first kappa shape index (κ1) is 13.2. The third-order valence-electron chi connectivity index (χ3n) is 3.49. The zero-order valence-corrected chi connectivity index (χ0v) is 11.8. The van der Waals surface area contributed by atoms with Crippen LogP contribution in [-0.4, -0.2) is 17.9 Å². The van der Waals surface area contributed by atoms with Gasteiger partial charge in [-0.05, 0) is 53.4 Å². The van der Waals surface area contributed by atoms with E-state index in [4.69, 9.17) is 0 Å². The van der Waals surface area contributed by atoms with E-state index in [-0.39, 0.29) is 5.91 Å². The van der Waals surface area contributed by atoms with Crippen LogP contribution in [0.5, 0.6) is 0 Å². The predicted octanol–water partition coefficient (Wildman–Crippen LogP) is 3.14. The number of aromatic nitrogens is 1. The lowest BCUT2D eigenvalue weighted by molar-refractivity contribution is 0.0963. The highest BCUT2D eigenvalue weighted by Crippen LogP contribution is 2.16. The smallest absolute Gasteiger partial charge is 0.251 e. The third-order valence-corrected chi connectivity index (χ3v) is 3.49. The minimum Gasteiger partial charge on any atom is -0.381 e. The number of benzene rings is 2. The van der Waals surface area contributed by atoms with Crippen molar-refractivity contribution in [3.63, 3.8) is 0 Å². The van der Waals surface area contributed by atoms with E-state index in [9.17, 15) is 4.79 Å². The zero-order valence-electron chi connectivity index (χ0n) is 11.8. The maximum Gasteiger partial charge on any atom is 0.251 e. The Balaban J connectivity index is 1.67. The van der Waals surface area contributed by atoms with Crippen LogP contribution in [0.2, 0.25) is 0 Å². The fraction of sp³-hybridized carbons (Fsp3) is 0.118. The van der Waals surface area contributed by atoms with E-state index in [1.807, 2.05) is 30.5 Å². The molecule has 4 heteroatoms. The number of fused-ring (bicyclic) bond motifs is 1. The summed E-state index contributed by atoms with van der Waals surface area (Å²) in [5, 5.41) is 7.18. The Kier molecular flexibility index (Phi) is 3.60. The van der Waals surface area contributed by atoms with Crippen LogP contribution in [-0.2, 0) is 6.54 Å². The number of carbonyl (C=O) groups excluding carboxylic acids is 1. The van der Waals surface area contributed by atoms with Crippen molar-refractivity contribution in [2.24, 2.45) is 0 Å². The van der Waals surface area contributed by atoms with Crippen LogP contribution in [0, 0.1) is 0 Å². The van der Waals surface area contributed by atoms with Gasteiger partial charge in [0.2, 0.25) is 0 Å². The van der Waals surface area contributed by atoms with Crippen molar-refractivity contribution < 1.29 is 4.79 Å². The summed E-state index contributed by atoms with van der Waals surface area (Å²) in [6, 6.07) is 15.9. The van der Waals surface area contributed by atoms with Gasteiger partial charge >= 0.3 is 0 Å². The van der Waals surface area contributed by atoms with Crippen LogP contribution in [0.4, 0.5) is 5.69 Å². The lowest BCUT2D eigenvalue weighted by atomic mass is 10.1. The first-order valence-electron chi connectivity index (χ1n) is 6.88. The molecule has 0 fully saturated rings. The quantitative estimate of drug-likeness (QED) is 0.687. The molecule has 0 radical (unpaired) electrons. The Hall–Kier alpha value is -2.75. The average molecular weight is 279 g/mol. The number of anilines is 1. The van der Waals surface area contributed by atoms with Gasteiger partial charge in [0.1, 0.15) is 0 Å². The summed E-state index contributed by atoms with van der Waals surface area (Å²) < 4.78 is 0. The molecule has 3 rings (SSSR count). The Bertz CT molecular complexity index is 759. The monoisotopic (exact) mass is 279 g/mol. The molecule has 106 valence electrons. The van der Waals surface area contributed by atoms with Gasteiger partial charge in [0, 0.05) is 36.6 Å². The number of nitrogens with one attached hydrogen (secondary N) is 3. The van der Waals surface area contributed by atoms with Crippen LogP contribution in [0.1, 0.15) is 15.9 Å². The maximum atomic E-state index is 11.5. The number of aromatic amines is 1. The maximum absolute atomic E-state index is 11.5. The molecule has 0 spiro atoms. The Morgan fingerprint density at radius 3 is 2.67 bits per heavy atom. The number of hydrogen-bond donors (Lipinski definition) is 3. The van der Waals surface area contributed by atoms with Crippen LogP contribution in [0.25, 0.3) is 10.9 Å². The predicted molar refractivity (Wildman–Crippen MR) is 85.5 cm³/mol. The summed E-state index contributed by atoms with van der Waals surface area (Å²) in [7, 11) is 1.63. The molecule has 0 unspecified atom stereocenters. The summed E-state index contributed by atoms with van der Waals surface area (Å²) >= 11 is 0. The molecular weight excluding hydrogens is 262 g/mol. The van der Waals surface area contributed by atoms with Crippen molar-refractivity contribution in [2.45, 2.75) is 6.54 Å². The molecule has 1 amide bonds. The number of amides is 1. The van der Waals surface area contributed by atoms with Crippen LogP contribution in [0.15, 0.2) is 54.7 Å². The highest BCUT2D eigenvalue weighted by atomic mass is 16.1. The second kappa shape index (κ2) is 5.71. The fourth-order valence-electron chi connectivity index (χ4n) is 2.30. The van der Waals surface area contributed by atoms with E-state index in [1.54, 1.807) is 7.05 Å². The standard InChI is InChI=1S/C17H17N3O/c1-18-17(21)13-3-5-15(6-4-13)20-11-12-2-7-16-14(10-12)8-9-19-16/h2-10,19-20H,11H2,1H3,(H,18,21). The summed E-state index contributed by atoms with van der Waals surface area (Å²) in [6.45, 7) is 0.750. The molecule has 1 aromatic heterocycles. The molecule has 1 heterocycles. The number of hydrogen-bond acceptors (Lipinski definition) is 2. The second-order valence-corrected chi connectivity index (χ2v) is 4.91. The van der Waals surface area contributed by atoms with Crippen LogP contribution in [0.3, 0.4) is 0 Å². The number of H-pyrrole nitrogens is 1. The molecule has 0 saturated carbocycles. The van der Waals surface area contributed by atoms with Crippen molar-refractivity contribution >= 4 is 22.5 Å². The van der Waals surface area contributed by atoms with Gasteiger partial charge in [-0.1, -0.05) is 6.07 Å².